The molecule has 1 aromatic heterocycles. The van der Waals surface area contributed by atoms with E-state index in [4.69, 9.17) is 5.73 Å². The van der Waals surface area contributed by atoms with E-state index in [2.05, 4.69) is 43.6 Å². The fraction of sp³-hybridized carbons (Fsp3) is 0.688. The van der Waals surface area contributed by atoms with E-state index in [-0.39, 0.29) is 6.04 Å². The maximum atomic E-state index is 6.10. The van der Waals surface area contributed by atoms with Gasteiger partial charge in [-0.3, -0.25) is 0 Å². The number of anilines is 1. The van der Waals surface area contributed by atoms with Crippen LogP contribution in [-0.2, 0) is 0 Å². The summed E-state index contributed by atoms with van der Waals surface area (Å²) in [6, 6.07) is 4.63. The molecule has 0 aliphatic heterocycles. The Balaban J connectivity index is 3.16. The highest BCUT2D eigenvalue weighted by molar-refractivity contribution is 5.49. The number of rotatable bonds is 7. The minimum absolute atomic E-state index is 0.0210. The summed E-state index contributed by atoms with van der Waals surface area (Å²) in [5, 5.41) is 0. The standard InChI is InChI=1S/C16H29N3/c1-6-14(7-2)19(11-12(3)4)16-15(13(5)17)9-8-10-18-16/h8-10,12-14H,6-7,11,17H2,1-5H3. The number of hydrogen-bond donors (Lipinski definition) is 1. The largest absolute Gasteiger partial charge is 0.353 e. The summed E-state index contributed by atoms with van der Waals surface area (Å²) in [4.78, 5) is 7.06. The molecule has 0 aliphatic rings. The van der Waals surface area contributed by atoms with Crippen LogP contribution in [0.4, 0.5) is 5.82 Å². The monoisotopic (exact) mass is 263 g/mol. The summed E-state index contributed by atoms with van der Waals surface area (Å²) < 4.78 is 0. The molecule has 1 aromatic rings. The summed E-state index contributed by atoms with van der Waals surface area (Å²) in [5.41, 5.74) is 7.25. The Morgan fingerprint density at radius 3 is 2.32 bits per heavy atom. The highest BCUT2D eigenvalue weighted by Gasteiger charge is 2.21. The fourth-order valence-electron chi connectivity index (χ4n) is 2.54. The minimum Gasteiger partial charge on any atom is -0.353 e. The van der Waals surface area contributed by atoms with Crippen LogP contribution >= 0.6 is 0 Å². The van der Waals surface area contributed by atoms with Gasteiger partial charge in [-0.15, -0.1) is 0 Å². The highest BCUT2D eigenvalue weighted by Crippen LogP contribution is 2.26. The first kappa shape index (κ1) is 16.0. The zero-order valence-corrected chi connectivity index (χ0v) is 13.1. The summed E-state index contributed by atoms with van der Waals surface area (Å²) in [7, 11) is 0. The van der Waals surface area contributed by atoms with Crippen LogP contribution in [-0.4, -0.2) is 17.6 Å². The van der Waals surface area contributed by atoms with Crippen LogP contribution in [0.3, 0.4) is 0 Å². The van der Waals surface area contributed by atoms with Gasteiger partial charge in [-0.1, -0.05) is 33.8 Å². The van der Waals surface area contributed by atoms with Gasteiger partial charge in [0.2, 0.25) is 0 Å². The van der Waals surface area contributed by atoms with Gasteiger partial charge < -0.3 is 10.6 Å². The van der Waals surface area contributed by atoms with E-state index in [0.717, 1.165) is 30.8 Å². The lowest BCUT2D eigenvalue weighted by Crippen LogP contribution is -2.39. The molecule has 0 aliphatic carbocycles. The Morgan fingerprint density at radius 1 is 1.21 bits per heavy atom. The van der Waals surface area contributed by atoms with Crippen molar-refractivity contribution < 1.29 is 0 Å². The first-order chi connectivity index (χ1) is 9.01. The molecule has 3 heteroatoms. The quantitative estimate of drug-likeness (QED) is 0.814. The zero-order valence-electron chi connectivity index (χ0n) is 13.1. The predicted molar refractivity (Wildman–Crippen MR) is 83.4 cm³/mol. The van der Waals surface area contributed by atoms with Crippen LogP contribution in [0.1, 0.15) is 59.1 Å². The molecule has 1 atom stereocenters. The van der Waals surface area contributed by atoms with Crippen LogP contribution in [0.5, 0.6) is 0 Å². The van der Waals surface area contributed by atoms with E-state index in [1.807, 2.05) is 19.2 Å². The molecule has 0 bridgehead atoms. The van der Waals surface area contributed by atoms with Crippen LogP contribution in [0.2, 0.25) is 0 Å². The Hall–Kier alpha value is -1.09. The lowest BCUT2D eigenvalue weighted by Gasteiger charge is -2.35. The van der Waals surface area contributed by atoms with Gasteiger partial charge in [0.25, 0.3) is 0 Å². The molecule has 0 aromatic carbocycles. The third kappa shape index (κ3) is 4.20. The van der Waals surface area contributed by atoms with E-state index in [9.17, 15) is 0 Å². The zero-order chi connectivity index (χ0) is 14.4. The summed E-state index contributed by atoms with van der Waals surface area (Å²) in [6.07, 6.45) is 4.15. The lowest BCUT2D eigenvalue weighted by atomic mass is 10.0. The van der Waals surface area contributed by atoms with Gasteiger partial charge >= 0.3 is 0 Å². The maximum Gasteiger partial charge on any atom is 0.133 e. The van der Waals surface area contributed by atoms with Gasteiger partial charge in [0.15, 0.2) is 0 Å². The molecule has 0 radical (unpaired) electrons. The van der Waals surface area contributed by atoms with Gasteiger partial charge in [0.1, 0.15) is 5.82 Å². The van der Waals surface area contributed by atoms with E-state index in [1.54, 1.807) is 0 Å². The van der Waals surface area contributed by atoms with Crippen molar-refractivity contribution in [3.63, 3.8) is 0 Å². The van der Waals surface area contributed by atoms with Gasteiger partial charge in [0, 0.05) is 30.4 Å². The van der Waals surface area contributed by atoms with Gasteiger partial charge in [-0.2, -0.15) is 0 Å². The van der Waals surface area contributed by atoms with E-state index < -0.39 is 0 Å². The number of aromatic nitrogens is 1. The first-order valence-electron chi connectivity index (χ1n) is 7.48. The SMILES string of the molecule is CCC(CC)N(CC(C)C)c1ncccc1C(C)N. The van der Waals surface area contributed by atoms with E-state index >= 15 is 0 Å². The second-order valence-electron chi connectivity index (χ2n) is 5.72. The number of nitrogens with two attached hydrogens (primary N) is 1. The molecule has 19 heavy (non-hydrogen) atoms. The molecule has 0 spiro atoms. The highest BCUT2D eigenvalue weighted by atomic mass is 15.2. The average molecular weight is 263 g/mol. The van der Waals surface area contributed by atoms with Crippen LogP contribution < -0.4 is 10.6 Å². The Labute approximate surface area is 118 Å². The molecule has 1 rings (SSSR count). The Kier molecular flexibility index (Phi) is 6.29. The number of pyridine rings is 1. The number of hydrogen-bond acceptors (Lipinski definition) is 3. The van der Waals surface area contributed by atoms with Crippen molar-refractivity contribution in [2.75, 3.05) is 11.4 Å². The van der Waals surface area contributed by atoms with Crippen molar-refractivity contribution in [3.8, 4) is 0 Å². The van der Waals surface area contributed by atoms with E-state index in [0.29, 0.717) is 12.0 Å². The second kappa shape index (κ2) is 7.49. The smallest absolute Gasteiger partial charge is 0.133 e. The predicted octanol–water partition coefficient (Wildman–Crippen LogP) is 3.75. The van der Waals surface area contributed by atoms with Gasteiger partial charge in [0.05, 0.1) is 0 Å². The topological polar surface area (TPSA) is 42.2 Å². The molecule has 0 fully saturated rings. The molecular formula is C16H29N3. The van der Waals surface area contributed by atoms with Crippen molar-refractivity contribution in [2.24, 2.45) is 11.7 Å². The maximum absolute atomic E-state index is 6.10. The molecule has 1 unspecified atom stereocenters. The molecule has 0 amide bonds. The molecule has 108 valence electrons. The van der Waals surface area contributed by atoms with Crippen LogP contribution in [0, 0.1) is 5.92 Å². The third-order valence-electron chi connectivity index (χ3n) is 3.52. The lowest BCUT2D eigenvalue weighted by molar-refractivity contribution is 0.500. The summed E-state index contributed by atoms with van der Waals surface area (Å²) >= 11 is 0. The molecule has 0 saturated heterocycles. The molecular weight excluding hydrogens is 234 g/mol. The van der Waals surface area contributed by atoms with Gasteiger partial charge in [-0.25, -0.2) is 4.98 Å². The Morgan fingerprint density at radius 2 is 1.84 bits per heavy atom. The first-order valence-corrected chi connectivity index (χ1v) is 7.48. The van der Waals surface area contributed by atoms with Crippen molar-refractivity contribution in [1.29, 1.82) is 0 Å². The van der Waals surface area contributed by atoms with Crippen LogP contribution in [0.15, 0.2) is 18.3 Å². The Bertz CT molecular complexity index is 370. The molecule has 3 nitrogen and oxygen atoms in total. The second-order valence-corrected chi connectivity index (χ2v) is 5.72. The average Bonchev–Trinajstić information content (AvgIpc) is 2.38. The normalized spacial score (nSPS) is 13.1. The van der Waals surface area contributed by atoms with Crippen molar-refractivity contribution in [1.82, 2.24) is 4.98 Å². The fourth-order valence-corrected chi connectivity index (χ4v) is 2.54. The summed E-state index contributed by atoms with van der Waals surface area (Å²) in [5.74, 6) is 1.68. The van der Waals surface area contributed by atoms with E-state index in [1.165, 1.54) is 0 Å². The molecule has 1 heterocycles. The number of nitrogens with zero attached hydrogens (tertiary/aromatic N) is 2. The third-order valence-corrected chi connectivity index (χ3v) is 3.52. The van der Waals surface area contributed by atoms with Crippen molar-refractivity contribution in [3.05, 3.63) is 23.9 Å². The van der Waals surface area contributed by atoms with Crippen molar-refractivity contribution >= 4 is 5.82 Å². The molecule has 2 N–H and O–H groups in total. The minimum atomic E-state index is 0.0210. The van der Waals surface area contributed by atoms with Crippen molar-refractivity contribution in [2.45, 2.75) is 59.5 Å². The summed E-state index contributed by atoms with van der Waals surface area (Å²) in [6.45, 7) is 12.1. The van der Waals surface area contributed by atoms with Crippen LogP contribution in [0.25, 0.3) is 0 Å². The molecule has 0 saturated carbocycles. The van der Waals surface area contributed by atoms with Gasteiger partial charge in [-0.05, 0) is 31.7 Å².